The van der Waals surface area contributed by atoms with Gasteiger partial charge in [-0.3, -0.25) is 0 Å². The van der Waals surface area contributed by atoms with Crippen molar-refractivity contribution in [3.8, 4) is 0 Å². The van der Waals surface area contributed by atoms with Gasteiger partial charge in [-0.2, -0.15) is 0 Å². The Morgan fingerprint density at radius 3 is 2.39 bits per heavy atom. The van der Waals surface area contributed by atoms with Crippen molar-refractivity contribution in [3.05, 3.63) is 71.0 Å². The lowest BCUT2D eigenvalue weighted by Crippen LogP contribution is -1.92. The third-order valence-corrected chi connectivity index (χ3v) is 2.81. The van der Waals surface area contributed by atoms with E-state index in [1.165, 1.54) is 6.07 Å². The van der Waals surface area contributed by atoms with Crippen LogP contribution in [0.25, 0.3) is 11.8 Å². The van der Waals surface area contributed by atoms with Crippen LogP contribution in [0.4, 0.5) is 4.39 Å². The van der Waals surface area contributed by atoms with Crippen LogP contribution in [0.1, 0.15) is 21.5 Å². The Bertz CT molecular complexity index is 659. The molecule has 1 aliphatic rings. The molecular weight excluding hydrogens is 231 g/mol. The number of carbonyl (C=O) groups excluding carboxylic acids is 1. The Morgan fingerprint density at radius 1 is 0.944 bits per heavy atom. The number of hydrogen-bond acceptors (Lipinski definition) is 2. The zero-order valence-electron chi connectivity index (χ0n) is 9.39. The molecule has 0 bridgehead atoms. The zero-order chi connectivity index (χ0) is 12.5. The highest BCUT2D eigenvalue weighted by Crippen LogP contribution is 2.31. The number of fused-ring (bicyclic) bond motifs is 1. The number of halogens is 1. The Kier molecular flexibility index (Phi) is 2.45. The van der Waals surface area contributed by atoms with Crippen LogP contribution in [0.2, 0.25) is 0 Å². The minimum absolute atomic E-state index is 0.342. The standard InChI is InChI=1S/C15H9FO2/c16-13-8-4-1-5-10(13)9-14-11-6-2-3-7-12(11)15(17)18-14/h1-9H/b14-9-. The molecule has 0 spiro atoms. The fourth-order valence-electron chi connectivity index (χ4n) is 1.93. The van der Waals surface area contributed by atoms with E-state index in [0.717, 1.165) is 0 Å². The predicted molar refractivity (Wildman–Crippen MR) is 66.1 cm³/mol. The Morgan fingerprint density at radius 2 is 1.61 bits per heavy atom. The van der Waals surface area contributed by atoms with E-state index in [1.807, 2.05) is 6.07 Å². The summed E-state index contributed by atoms with van der Waals surface area (Å²) in [5.41, 5.74) is 1.61. The van der Waals surface area contributed by atoms with Gasteiger partial charge >= 0.3 is 5.97 Å². The summed E-state index contributed by atoms with van der Waals surface area (Å²) in [4.78, 5) is 11.6. The number of carbonyl (C=O) groups is 1. The van der Waals surface area contributed by atoms with Gasteiger partial charge in [0.15, 0.2) is 0 Å². The van der Waals surface area contributed by atoms with Gasteiger partial charge in [-0.25, -0.2) is 9.18 Å². The van der Waals surface area contributed by atoms with E-state index < -0.39 is 5.97 Å². The molecule has 1 heterocycles. The maximum Gasteiger partial charge on any atom is 0.344 e. The third-order valence-electron chi connectivity index (χ3n) is 2.81. The molecule has 0 unspecified atom stereocenters. The van der Waals surface area contributed by atoms with Crippen molar-refractivity contribution in [3.63, 3.8) is 0 Å². The molecule has 1 aliphatic heterocycles. The summed E-state index contributed by atoms with van der Waals surface area (Å²) >= 11 is 0. The first-order chi connectivity index (χ1) is 8.75. The van der Waals surface area contributed by atoms with Crippen molar-refractivity contribution >= 4 is 17.8 Å². The molecule has 0 atom stereocenters. The number of rotatable bonds is 1. The molecule has 2 aromatic rings. The molecule has 0 saturated carbocycles. The molecule has 88 valence electrons. The molecule has 18 heavy (non-hydrogen) atoms. The van der Waals surface area contributed by atoms with Gasteiger partial charge in [0.1, 0.15) is 11.6 Å². The zero-order valence-corrected chi connectivity index (χ0v) is 9.39. The summed E-state index contributed by atoms with van der Waals surface area (Å²) in [6.45, 7) is 0. The Balaban J connectivity index is 2.11. The van der Waals surface area contributed by atoms with Crippen LogP contribution in [0, 0.1) is 5.82 Å². The second-order valence-electron chi connectivity index (χ2n) is 3.97. The van der Waals surface area contributed by atoms with E-state index in [1.54, 1.807) is 42.5 Å². The average molecular weight is 240 g/mol. The van der Waals surface area contributed by atoms with Crippen LogP contribution >= 0.6 is 0 Å². The van der Waals surface area contributed by atoms with Gasteiger partial charge in [0.05, 0.1) is 5.56 Å². The molecule has 3 rings (SSSR count). The molecule has 0 fully saturated rings. The van der Waals surface area contributed by atoms with Crippen molar-refractivity contribution in [1.82, 2.24) is 0 Å². The van der Waals surface area contributed by atoms with Gasteiger partial charge in [0, 0.05) is 11.1 Å². The van der Waals surface area contributed by atoms with Crippen LogP contribution in [0.15, 0.2) is 48.5 Å². The monoisotopic (exact) mass is 240 g/mol. The van der Waals surface area contributed by atoms with Gasteiger partial charge in [-0.1, -0.05) is 36.4 Å². The van der Waals surface area contributed by atoms with E-state index in [0.29, 0.717) is 22.4 Å². The first-order valence-electron chi connectivity index (χ1n) is 5.53. The quantitative estimate of drug-likeness (QED) is 0.713. The van der Waals surface area contributed by atoms with Crippen LogP contribution in [0.3, 0.4) is 0 Å². The molecule has 0 aliphatic carbocycles. The van der Waals surface area contributed by atoms with Crippen molar-refractivity contribution in [1.29, 1.82) is 0 Å². The van der Waals surface area contributed by atoms with Gasteiger partial charge in [-0.05, 0) is 18.2 Å². The second-order valence-corrected chi connectivity index (χ2v) is 3.97. The molecule has 2 nitrogen and oxygen atoms in total. The SMILES string of the molecule is O=C1O/C(=C\c2ccccc2F)c2ccccc21. The largest absolute Gasteiger partial charge is 0.422 e. The van der Waals surface area contributed by atoms with E-state index in [9.17, 15) is 9.18 Å². The Hall–Kier alpha value is -2.42. The van der Waals surface area contributed by atoms with E-state index in [4.69, 9.17) is 4.74 Å². The van der Waals surface area contributed by atoms with Crippen molar-refractivity contribution in [2.45, 2.75) is 0 Å². The average Bonchev–Trinajstić information content (AvgIpc) is 2.70. The number of ether oxygens (including phenoxy) is 1. The van der Waals surface area contributed by atoms with Crippen molar-refractivity contribution < 1.29 is 13.9 Å². The molecule has 0 aromatic heterocycles. The fraction of sp³-hybridized carbons (Fsp3) is 0. The summed E-state index contributed by atoms with van der Waals surface area (Å²) in [7, 11) is 0. The number of hydrogen-bond donors (Lipinski definition) is 0. The summed E-state index contributed by atoms with van der Waals surface area (Å²) in [5, 5.41) is 0. The molecule has 3 heteroatoms. The maximum atomic E-state index is 13.5. The molecule has 0 N–H and O–H groups in total. The molecule has 2 aromatic carbocycles. The van der Waals surface area contributed by atoms with Crippen LogP contribution < -0.4 is 0 Å². The van der Waals surface area contributed by atoms with Gasteiger partial charge in [0.25, 0.3) is 0 Å². The highest BCUT2D eigenvalue weighted by molar-refractivity contribution is 6.05. The van der Waals surface area contributed by atoms with Gasteiger partial charge < -0.3 is 4.74 Å². The number of benzene rings is 2. The summed E-state index contributed by atoms with van der Waals surface area (Å²) in [5.74, 6) is -0.348. The summed E-state index contributed by atoms with van der Waals surface area (Å²) in [6, 6.07) is 13.4. The molecule has 0 radical (unpaired) electrons. The topological polar surface area (TPSA) is 26.3 Å². The normalized spacial score (nSPS) is 15.6. The lowest BCUT2D eigenvalue weighted by atomic mass is 10.1. The first-order valence-corrected chi connectivity index (χ1v) is 5.53. The van der Waals surface area contributed by atoms with E-state index in [2.05, 4.69) is 0 Å². The van der Waals surface area contributed by atoms with Gasteiger partial charge in [-0.15, -0.1) is 0 Å². The fourth-order valence-corrected chi connectivity index (χ4v) is 1.93. The predicted octanol–water partition coefficient (Wildman–Crippen LogP) is 3.49. The smallest absolute Gasteiger partial charge is 0.344 e. The Labute approximate surface area is 103 Å². The summed E-state index contributed by atoms with van der Waals surface area (Å²) < 4.78 is 18.7. The highest BCUT2D eigenvalue weighted by Gasteiger charge is 2.25. The van der Waals surface area contributed by atoms with Crippen LogP contribution in [-0.4, -0.2) is 5.97 Å². The first kappa shape index (κ1) is 10.7. The second kappa shape index (κ2) is 4.11. The van der Waals surface area contributed by atoms with E-state index in [-0.39, 0.29) is 5.82 Å². The van der Waals surface area contributed by atoms with E-state index >= 15 is 0 Å². The third kappa shape index (κ3) is 1.70. The molecular formula is C15H9FO2. The van der Waals surface area contributed by atoms with Crippen LogP contribution in [-0.2, 0) is 4.74 Å². The number of cyclic esters (lactones) is 1. The highest BCUT2D eigenvalue weighted by atomic mass is 19.1. The maximum absolute atomic E-state index is 13.5. The molecule has 0 saturated heterocycles. The minimum atomic E-state index is -0.395. The minimum Gasteiger partial charge on any atom is -0.422 e. The lowest BCUT2D eigenvalue weighted by Gasteiger charge is -2.00. The van der Waals surface area contributed by atoms with Crippen LogP contribution in [0.5, 0.6) is 0 Å². The van der Waals surface area contributed by atoms with Crippen molar-refractivity contribution in [2.24, 2.45) is 0 Å². The number of esters is 1. The van der Waals surface area contributed by atoms with Gasteiger partial charge in [0.2, 0.25) is 0 Å². The lowest BCUT2D eigenvalue weighted by molar-refractivity contribution is 0.0717. The van der Waals surface area contributed by atoms with Crippen molar-refractivity contribution in [2.75, 3.05) is 0 Å². The molecule has 0 amide bonds. The summed E-state index contributed by atoms with van der Waals surface area (Å²) in [6.07, 6.45) is 1.54.